The highest BCUT2D eigenvalue weighted by Gasteiger charge is 2.30. The molecule has 0 aliphatic rings. The lowest BCUT2D eigenvalue weighted by Crippen LogP contribution is -2.35. The molecule has 0 aromatic heterocycles. The molecule has 1 atom stereocenters. The molecule has 1 aromatic carbocycles. The average molecular weight is 201 g/mol. The van der Waals surface area contributed by atoms with E-state index >= 15 is 0 Å². The third kappa shape index (κ3) is 1.76. The standard InChI is InChI=1S/C10H13F2NO/c1-10(6-13,14-2)9-7(11)4-3-5-8(9)12/h3-5H,6,13H2,1-2H3. The number of hydrogen-bond donors (Lipinski definition) is 1. The van der Waals surface area contributed by atoms with Crippen molar-refractivity contribution < 1.29 is 13.5 Å². The summed E-state index contributed by atoms with van der Waals surface area (Å²) in [6.07, 6.45) is 0. The van der Waals surface area contributed by atoms with Gasteiger partial charge >= 0.3 is 0 Å². The summed E-state index contributed by atoms with van der Waals surface area (Å²) in [6.45, 7) is 1.57. The topological polar surface area (TPSA) is 35.2 Å². The summed E-state index contributed by atoms with van der Waals surface area (Å²) in [4.78, 5) is 0. The van der Waals surface area contributed by atoms with Crippen molar-refractivity contribution in [2.45, 2.75) is 12.5 Å². The van der Waals surface area contributed by atoms with Gasteiger partial charge in [-0.05, 0) is 19.1 Å². The molecule has 0 saturated heterocycles. The van der Waals surface area contributed by atoms with Gasteiger partial charge in [-0.1, -0.05) is 6.07 Å². The predicted molar refractivity (Wildman–Crippen MR) is 49.8 cm³/mol. The van der Waals surface area contributed by atoms with E-state index in [2.05, 4.69) is 0 Å². The van der Waals surface area contributed by atoms with E-state index in [1.807, 2.05) is 0 Å². The Hall–Kier alpha value is -1.00. The Bertz CT molecular complexity index is 304. The van der Waals surface area contributed by atoms with Crippen LogP contribution in [0.4, 0.5) is 8.78 Å². The second kappa shape index (κ2) is 4.02. The Kier molecular flexibility index (Phi) is 3.18. The zero-order chi connectivity index (χ0) is 10.8. The van der Waals surface area contributed by atoms with Gasteiger partial charge in [0.1, 0.15) is 17.2 Å². The number of rotatable bonds is 3. The van der Waals surface area contributed by atoms with Crippen molar-refractivity contribution in [1.29, 1.82) is 0 Å². The normalized spacial score (nSPS) is 15.2. The Morgan fingerprint density at radius 1 is 1.36 bits per heavy atom. The van der Waals surface area contributed by atoms with E-state index < -0.39 is 17.2 Å². The smallest absolute Gasteiger partial charge is 0.132 e. The fourth-order valence-electron chi connectivity index (χ4n) is 1.29. The van der Waals surface area contributed by atoms with E-state index in [0.29, 0.717) is 0 Å². The molecular formula is C10H13F2NO. The first-order chi connectivity index (χ1) is 6.55. The SMILES string of the molecule is COC(C)(CN)c1c(F)cccc1F. The molecule has 0 amide bonds. The fraction of sp³-hybridized carbons (Fsp3) is 0.400. The largest absolute Gasteiger partial charge is 0.372 e. The van der Waals surface area contributed by atoms with Crippen LogP contribution >= 0.6 is 0 Å². The van der Waals surface area contributed by atoms with Crippen LogP contribution in [0.1, 0.15) is 12.5 Å². The summed E-state index contributed by atoms with van der Waals surface area (Å²) >= 11 is 0. The van der Waals surface area contributed by atoms with Crippen LogP contribution in [0, 0.1) is 11.6 Å². The maximum atomic E-state index is 13.3. The molecular weight excluding hydrogens is 188 g/mol. The molecule has 0 heterocycles. The molecule has 0 fully saturated rings. The fourth-order valence-corrected chi connectivity index (χ4v) is 1.29. The van der Waals surface area contributed by atoms with Crippen LogP contribution in [0.15, 0.2) is 18.2 Å². The van der Waals surface area contributed by atoms with Crippen molar-refractivity contribution in [3.63, 3.8) is 0 Å². The third-order valence-electron chi connectivity index (χ3n) is 2.33. The predicted octanol–water partition coefficient (Wildman–Crippen LogP) is 1.79. The van der Waals surface area contributed by atoms with E-state index in [4.69, 9.17) is 10.5 Å². The number of nitrogens with two attached hydrogens (primary N) is 1. The van der Waals surface area contributed by atoms with Gasteiger partial charge in [0.15, 0.2) is 0 Å². The zero-order valence-electron chi connectivity index (χ0n) is 8.18. The molecule has 1 aromatic rings. The van der Waals surface area contributed by atoms with Crippen molar-refractivity contribution in [2.24, 2.45) is 5.73 Å². The van der Waals surface area contributed by atoms with Gasteiger partial charge in [-0.15, -0.1) is 0 Å². The van der Waals surface area contributed by atoms with Crippen molar-refractivity contribution in [3.8, 4) is 0 Å². The molecule has 0 bridgehead atoms. The number of ether oxygens (including phenoxy) is 1. The van der Waals surface area contributed by atoms with Gasteiger partial charge < -0.3 is 10.5 Å². The van der Waals surface area contributed by atoms with E-state index in [1.54, 1.807) is 6.92 Å². The molecule has 0 radical (unpaired) electrons. The zero-order valence-corrected chi connectivity index (χ0v) is 8.18. The molecule has 0 aliphatic carbocycles. The van der Waals surface area contributed by atoms with Crippen LogP contribution in [0.5, 0.6) is 0 Å². The second-order valence-corrected chi connectivity index (χ2v) is 3.24. The van der Waals surface area contributed by atoms with Crippen LogP contribution in [0.2, 0.25) is 0 Å². The van der Waals surface area contributed by atoms with E-state index in [1.165, 1.54) is 25.3 Å². The Balaban J connectivity index is 3.29. The monoisotopic (exact) mass is 201 g/mol. The lowest BCUT2D eigenvalue weighted by molar-refractivity contribution is 0.00409. The maximum Gasteiger partial charge on any atom is 0.132 e. The minimum absolute atomic E-state index is 0.0152. The summed E-state index contributed by atoms with van der Waals surface area (Å²) in [5.41, 5.74) is 4.19. The Morgan fingerprint density at radius 2 is 1.86 bits per heavy atom. The average Bonchev–Trinajstić information content (AvgIpc) is 2.17. The van der Waals surface area contributed by atoms with E-state index in [-0.39, 0.29) is 12.1 Å². The van der Waals surface area contributed by atoms with Crippen LogP contribution in [-0.4, -0.2) is 13.7 Å². The number of benzene rings is 1. The molecule has 0 spiro atoms. The third-order valence-corrected chi connectivity index (χ3v) is 2.33. The van der Waals surface area contributed by atoms with Gasteiger partial charge in [0.2, 0.25) is 0 Å². The summed E-state index contributed by atoms with van der Waals surface area (Å²) in [5, 5.41) is 0. The van der Waals surface area contributed by atoms with Crippen LogP contribution in [-0.2, 0) is 10.3 Å². The van der Waals surface area contributed by atoms with Gasteiger partial charge in [0.05, 0.1) is 5.56 Å². The van der Waals surface area contributed by atoms with Gasteiger partial charge in [0.25, 0.3) is 0 Å². The molecule has 4 heteroatoms. The molecule has 2 nitrogen and oxygen atoms in total. The minimum atomic E-state index is -1.12. The van der Waals surface area contributed by atoms with Gasteiger partial charge in [-0.25, -0.2) is 8.78 Å². The number of halogens is 2. The Morgan fingerprint density at radius 3 is 2.21 bits per heavy atom. The highest BCUT2D eigenvalue weighted by molar-refractivity contribution is 5.26. The molecule has 0 aliphatic heterocycles. The van der Waals surface area contributed by atoms with E-state index in [9.17, 15) is 8.78 Å². The maximum absolute atomic E-state index is 13.3. The minimum Gasteiger partial charge on any atom is -0.372 e. The molecule has 0 saturated carbocycles. The van der Waals surface area contributed by atoms with Crippen molar-refractivity contribution >= 4 is 0 Å². The lowest BCUT2D eigenvalue weighted by Gasteiger charge is -2.27. The molecule has 1 unspecified atom stereocenters. The van der Waals surface area contributed by atoms with E-state index in [0.717, 1.165) is 0 Å². The summed E-state index contributed by atoms with van der Waals surface area (Å²) in [7, 11) is 1.37. The van der Waals surface area contributed by atoms with Gasteiger partial charge in [-0.3, -0.25) is 0 Å². The number of methoxy groups -OCH3 is 1. The van der Waals surface area contributed by atoms with Crippen LogP contribution < -0.4 is 5.73 Å². The van der Waals surface area contributed by atoms with Crippen LogP contribution in [0.3, 0.4) is 0 Å². The van der Waals surface area contributed by atoms with Crippen molar-refractivity contribution in [1.82, 2.24) is 0 Å². The quantitative estimate of drug-likeness (QED) is 0.809. The second-order valence-electron chi connectivity index (χ2n) is 3.24. The highest BCUT2D eigenvalue weighted by atomic mass is 19.1. The number of hydrogen-bond acceptors (Lipinski definition) is 2. The van der Waals surface area contributed by atoms with Crippen LogP contribution in [0.25, 0.3) is 0 Å². The van der Waals surface area contributed by atoms with Gasteiger partial charge in [-0.2, -0.15) is 0 Å². The summed E-state index contributed by atoms with van der Waals surface area (Å²) in [5.74, 6) is -1.28. The molecule has 78 valence electrons. The first kappa shape index (κ1) is 11.1. The highest BCUT2D eigenvalue weighted by Crippen LogP contribution is 2.28. The summed E-state index contributed by atoms with van der Waals surface area (Å²) < 4.78 is 31.7. The summed E-state index contributed by atoms with van der Waals surface area (Å²) in [6, 6.07) is 3.68. The Labute approximate surface area is 81.7 Å². The molecule has 2 N–H and O–H groups in total. The molecule has 1 rings (SSSR count). The van der Waals surface area contributed by atoms with Crippen molar-refractivity contribution in [2.75, 3.05) is 13.7 Å². The first-order valence-electron chi connectivity index (χ1n) is 4.25. The molecule has 14 heavy (non-hydrogen) atoms. The van der Waals surface area contributed by atoms with Gasteiger partial charge in [0, 0.05) is 13.7 Å². The lowest BCUT2D eigenvalue weighted by atomic mass is 9.95. The van der Waals surface area contributed by atoms with Crippen molar-refractivity contribution in [3.05, 3.63) is 35.4 Å². The first-order valence-corrected chi connectivity index (χ1v) is 4.25.